The molecule has 0 saturated carbocycles. The van der Waals surface area contributed by atoms with Gasteiger partial charge in [-0.05, 0) is 65.7 Å². The zero-order valence-electron chi connectivity index (χ0n) is 30.6. The Kier molecular flexibility index (Phi) is 7.09. The molecule has 1 N–H and O–H groups in total. The second-order valence-corrected chi connectivity index (χ2v) is 15.6. The quantitative estimate of drug-likeness (QED) is 0.191. The molecular formula is C51H32N4OS. The minimum Gasteiger partial charge on any atom is -0.455 e. The minimum absolute atomic E-state index is 0.255. The van der Waals surface area contributed by atoms with Gasteiger partial charge in [0, 0.05) is 64.1 Å². The number of hydrogen-bond donors (Lipinski definition) is 1. The number of amidine groups is 2. The monoisotopic (exact) mass is 748 g/mol. The first-order chi connectivity index (χ1) is 28.2. The van der Waals surface area contributed by atoms with Crippen molar-refractivity contribution in [3.63, 3.8) is 0 Å². The molecule has 4 heterocycles. The molecule has 5 nitrogen and oxygen atoms in total. The van der Waals surface area contributed by atoms with Gasteiger partial charge in [0.2, 0.25) is 0 Å². The molecule has 0 amide bonds. The average Bonchev–Trinajstić information content (AvgIpc) is 3.96. The Balaban J connectivity index is 1.03. The van der Waals surface area contributed by atoms with Gasteiger partial charge in [0.1, 0.15) is 23.2 Å². The standard InChI is InChI=1S/C51H32N4OS/c1-3-12-31(13-4-1)49-52-50(32-14-5-2-6-15-32)54-51(53-49)33-22-25-35(26-23-33)55-42-20-9-7-16-37(42)39-27-29-45-46(47(39)55)41-30-34(24-28-44(41)57-45)36-18-11-19-40-38-17-8-10-21-43(38)56-48(36)40/h1-30,49H,(H,52,53,54). The van der Waals surface area contributed by atoms with E-state index in [0.717, 1.165) is 61.3 Å². The molecule has 12 rings (SSSR count). The van der Waals surface area contributed by atoms with E-state index in [1.54, 1.807) is 0 Å². The number of thiophene rings is 1. The van der Waals surface area contributed by atoms with Crippen LogP contribution in [0.3, 0.4) is 0 Å². The number of fused-ring (bicyclic) bond motifs is 10. The lowest BCUT2D eigenvalue weighted by atomic mass is 10.00. The van der Waals surface area contributed by atoms with Crippen molar-refractivity contribution < 1.29 is 4.42 Å². The van der Waals surface area contributed by atoms with Gasteiger partial charge in [-0.1, -0.05) is 127 Å². The second-order valence-electron chi connectivity index (χ2n) is 14.6. The van der Waals surface area contributed by atoms with Crippen LogP contribution in [-0.2, 0) is 0 Å². The van der Waals surface area contributed by atoms with E-state index >= 15 is 0 Å². The molecular weight excluding hydrogens is 717 g/mol. The summed E-state index contributed by atoms with van der Waals surface area (Å²) in [6, 6.07) is 64.3. The summed E-state index contributed by atoms with van der Waals surface area (Å²) in [7, 11) is 0. The largest absolute Gasteiger partial charge is 0.455 e. The highest BCUT2D eigenvalue weighted by Gasteiger charge is 2.23. The van der Waals surface area contributed by atoms with E-state index in [4.69, 9.17) is 14.4 Å². The summed E-state index contributed by atoms with van der Waals surface area (Å²) in [5.41, 5.74) is 10.6. The molecule has 11 aromatic rings. The third-order valence-corrected chi connectivity index (χ3v) is 12.4. The minimum atomic E-state index is -0.255. The lowest BCUT2D eigenvalue weighted by Gasteiger charge is -2.23. The summed E-state index contributed by atoms with van der Waals surface area (Å²) in [6.07, 6.45) is -0.255. The second kappa shape index (κ2) is 12.6. The van der Waals surface area contributed by atoms with Crippen LogP contribution in [0.5, 0.6) is 0 Å². The molecule has 57 heavy (non-hydrogen) atoms. The van der Waals surface area contributed by atoms with Crippen LogP contribution in [-0.4, -0.2) is 16.2 Å². The van der Waals surface area contributed by atoms with E-state index in [9.17, 15) is 0 Å². The molecule has 1 atom stereocenters. The molecule has 1 aliphatic rings. The fraction of sp³-hybridized carbons (Fsp3) is 0.0196. The van der Waals surface area contributed by atoms with E-state index in [0.29, 0.717) is 5.84 Å². The molecule has 0 saturated heterocycles. The topological polar surface area (TPSA) is 54.8 Å². The van der Waals surface area contributed by atoms with Gasteiger partial charge >= 0.3 is 0 Å². The summed E-state index contributed by atoms with van der Waals surface area (Å²) in [4.78, 5) is 10.2. The van der Waals surface area contributed by atoms with Gasteiger partial charge in [-0.2, -0.15) is 0 Å². The molecule has 8 aromatic carbocycles. The Labute approximate surface area is 331 Å². The number of nitrogens with one attached hydrogen (secondary N) is 1. The molecule has 0 bridgehead atoms. The lowest BCUT2D eigenvalue weighted by molar-refractivity contribution is 0.670. The van der Waals surface area contributed by atoms with E-state index < -0.39 is 0 Å². The van der Waals surface area contributed by atoms with Gasteiger partial charge in [0.15, 0.2) is 5.84 Å². The lowest BCUT2D eigenvalue weighted by Crippen LogP contribution is -2.33. The van der Waals surface area contributed by atoms with Crippen molar-refractivity contribution in [2.24, 2.45) is 9.98 Å². The Hall–Kier alpha value is -7.28. The zero-order chi connectivity index (χ0) is 37.5. The predicted octanol–water partition coefficient (Wildman–Crippen LogP) is 13.2. The molecule has 0 aliphatic carbocycles. The van der Waals surface area contributed by atoms with Crippen LogP contribution in [0.1, 0.15) is 22.9 Å². The van der Waals surface area contributed by atoms with Gasteiger partial charge in [0.25, 0.3) is 0 Å². The summed E-state index contributed by atoms with van der Waals surface area (Å²) in [5, 5.41) is 10.8. The maximum absolute atomic E-state index is 6.49. The fourth-order valence-corrected chi connectivity index (χ4v) is 9.70. The Morgan fingerprint density at radius 3 is 2.12 bits per heavy atom. The number of benzene rings is 8. The van der Waals surface area contributed by atoms with Gasteiger partial charge in [-0.25, -0.2) is 9.98 Å². The first-order valence-corrected chi connectivity index (χ1v) is 20.0. The molecule has 1 aliphatic heterocycles. The van der Waals surface area contributed by atoms with E-state index in [1.165, 1.54) is 42.0 Å². The number of para-hydroxylation sites is 3. The SMILES string of the molecule is c1ccc(C2=NC(c3ccc(-n4c5ccccc5c5ccc6sc7ccc(-c8cccc9c8oc8ccccc89)cc7c6c54)cc3)=NC(c3ccccc3)N2)cc1. The highest BCUT2D eigenvalue weighted by atomic mass is 32.1. The summed E-state index contributed by atoms with van der Waals surface area (Å²) in [5.74, 6) is 1.51. The molecule has 0 radical (unpaired) electrons. The van der Waals surface area contributed by atoms with Gasteiger partial charge in [-0.3, -0.25) is 0 Å². The maximum Gasteiger partial charge on any atom is 0.159 e. The fourth-order valence-electron chi connectivity index (χ4n) is 8.61. The molecule has 268 valence electrons. The molecule has 3 aromatic heterocycles. The van der Waals surface area contributed by atoms with Crippen LogP contribution in [0.15, 0.2) is 196 Å². The van der Waals surface area contributed by atoms with Crippen molar-refractivity contribution in [2.45, 2.75) is 6.17 Å². The van der Waals surface area contributed by atoms with Crippen LogP contribution in [0.2, 0.25) is 0 Å². The Morgan fingerprint density at radius 1 is 0.544 bits per heavy atom. The van der Waals surface area contributed by atoms with E-state index in [2.05, 4.69) is 155 Å². The zero-order valence-corrected chi connectivity index (χ0v) is 31.4. The smallest absolute Gasteiger partial charge is 0.159 e. The summed E-state index contributed by atoms with van der Waals surface area (Å²) in [6.45, 7) is 0. The van der Waals surface area contributed by atoms with Gasteiger partial charge in [-0.15, -0.1) is 11.3 Å². The molecule has 0 fully saturated rings. The molecule has 6 heteroatoms. The third kappa shape index (κ3) is 5.08. The highest BCUT2D eigenvalue weighted by molar-refractivity contribution is 7.26. The van der Waals surface area contributed by atoms with Crippen molar-refractivity contribution in [1.82, 2.24) is 9.88 Å². The van der Waals surface area contributed by atoms with Gasteiger partial charge < -0.3 is 14.3 Å². The Morgan fingerprint density at radius 2 is 1.26 bits per heavy atom. The highest BCUT2D eigenvalue weighted by Crippen LogP contribution is 2.45. The van der Waals surface area contributed by atoms with Crippen LogP contribution < -0.4 is 5.32 Å². The van der Waals surface area contributed by atoms with Gasteiger partial charge in [0.05, 0.1) is 11.0 Å². The third-order valence-electron chi connectivity index (χ3n) is 11.3. The molecule has 1 unspecified atom stereocenters. The predicted molar refractivity (Wildman–Crippen MR) is 238 cm³/mol. The van der Waals surface area contributed by atoms with Crippen molar-refractivity contribution in [3.05, 3.63) is 199 Å². The van der Waals surface area contributed by atoms with Crippen molar-refractivity contribution in [2.75, 3.05) is 0 Å². The number of aromatic nitrogens is 1. The molecule has 0 spiro atoms. The number of hydrogen-bond acceptors (Lipinski definition) is 5. The van der Waals surface area contributed by atoms with Crippen molar-refractivity contribution >= 4 is 86.9 Å². The normalized spacial score (nSPS) is 14.5. The van der Waals surface area contributed by atoms with Crippen molar-refractivity contribution in [1.29, 1.82) is 0 Å². The summed E-state index contributed by atoms with van der Waals surface area (Å²) < 4.78 is 11.4. The number of furan rings is 1. The van der Waals surface area contributed by atoms with Crippen LogP contribution in [0.4, 0.5) is 0 Å². The van der Waals surface area contributed by atoms with Crippen LogP contribution in [0.25, 0.3) is 80.7 Å². The number of aliphatic imine (C=N–C) groups is 2. The summed E-state index contributed by atoms with van der Waals surface area (Å²) >= 11 is 1.85. The van der Waals surface area contributed by atoms with Crippen LogP contribution in [0, 0.1) is 0 Å². The first kappa shape index (κ1) is 32.0. The first-order valence-electron chi connectivity index (χ1n) is 19.2. The maximum atomic E-state index is 6.49. The Bertz CT molecular complexity index is 3430. The van der Waals surface area contributed by atoms with Crippen LogP contribution >= 0.6 is 11.3 Å². The number of rotatable bonds is 5. The van der Waals surface area contributed by atoms with Crippen molar-refractivity contribution in [3.8, 4) is 16.8 Å². The van der Waals surface area contributed by atoms with E-state index in [1.807, 2.05) is 47.7 Å². The average molecular weight is 749 g/mol. The number of nitrogens with zero attached hydrogens (tertiary/aromatic N) is 3. The van der Waals surface area contributed by atoms with E-state index in [-0.39, 0.29) is 6.17 Å².